The van der Waals surface area contributed by atoms with E-state index in [9.17, 15) is 9.59 Å². The molecule has 76 valence electrons. The van der Waals surface area contributed by atoms with Crippen molar-refractivity contribution in [3.05, 3.63) is 12.3 Å². The summed E-state index contributed by atoms with van der Waals surface area (Å²) in [5, 5.41) is 8.05. The Kier molecular flexibility index (Phi) is 9.25. The zero-order valence-corrected chi connectivity index (χ0v) is 8.39. The summed E-state index contributed by atoms with van der Waals surface area (Å²) >= 11 is 0. The van der Waals surface area contributed by atoms with E-state index >= 15 is 0 Å². The normalized spacial score (nSPS) is 8.62. The van der Waals surface area contributed by atoms with E-state index in [4.69, 9.17) is 5.11 Å². The minimum atomic E-state index is -0.918. The first-order valence-electron chi connectivity index (χ1n) is 3.59. The number of rotatable bonds is 3. The Morgan fingerprint density at radius 3 is 1.62 bits per heavy atom. The van der Waals surface area contributed by atoms with Gasteiger partial charge < -0.3 is 14.9 Å². The van der Waals surface area contributed by atoms with Crippen LogP contribution in [-0.2, 0) is 9.59 Å². The molecule has 0 unspecified atom stereocenters. The quantitative estimate of drug-likeness (QED) is 0.494. The molecule has 0 aliphatic rings. The Hall–Kier alpha value is -1.52. The van der Waals surface area contributed by atoms with Crippen LogP contribution < -0.4 is 0 Å². The standard InChI is InChI=1S/C5H9NO2.C3H7NO/c1-6(2)4-3-5(7)8;1-4(2)3-5/h3-4H,1-2H3,(H,7,8);3H,1-2H3. The molecule has 0 radical (unpaired) electrons. The number of carboxylic acid groups (broad SMARTS) is 1. The number of nitrogens with zero attached hydrogens (tertiary/aromatic N) is 2. The van der Waals surface area contributed by atoms with Crippen LogP contribution in [0.3, 0.4) is 0 Å². The zero-order chi connectivity index (χ0) is 10.9. The summed E-state index contributed by atoms with van der Waals surface area (Å²) in [7, 11) is 6.90. The van der Waals surface area contributed by atoms with Crippen molar-refractivity contribution in [2.75, 3.05) is 28.2 Å². The van der Waals surface area contributed by atoms with Gasteiger partial charge in [-0.2, -0.15) is 0 Å². The van der Waals surface area contributed by atoms with Gasteiger partial charge in [0.2, 0.25) is 6.41 Å². The summed E-state index contributed by atoms with van der Waals surface area (Å²) in [6.45, 7) is 0. The van der Waals surface area contributed by atoms with Crippen LogP contribution in [0.5, 0.6) is 0 Å². The second kappa shape index (κ2) is 8.58. The van der Waals surface area contributed by atoms with Crippen LogP contribution in [0.15, 0.2) is 12.3 Å². The van der Waals surface area contributed by atoms with Crippen LogP contribution in [0.25, 0.3) is 0 Å². The predicted molar refractivity (Wildman–Crippen MR) is 50.2 cm³/mol. The van der Waals surface area contributed by atoms with Gasteiger partial charge >= 0.3 is 5.97 Å². The molecule has 1 N–H and O–H groups in total. The highest BCUT2D eigenvalue weighted by Crippen LogP contribution is 1.75. The van der Waals surface area contributed by atoms with Gasteiger partial charge in [0.1, 0.15) is 0 Å². The van der Waals surface area contributed by atoms with Crippen LogP contribution in [0.2, 0.25) is 0 Å². The van der Waals surface area contributed by atoms with Gasteiger partial charge in [0.25, 0.3) is 0 Å². The molecule has 0 bridgehead atoms. The van der Waals surface area contributed by atoms with Gasteiger partial charge in [-0.1, -0.05) is 0 Å². The fraction of sp³-hybridized carbons (Fsp3) is 0.500. The van der Waals surface area contributed by atoms with Crippen molar-refractivity contribution >= 4 is 12.4 Å². The van der Waals surface area contributed by atoms with Crippen molar-refractivity contribution in [1.82, 2.24) is 9.80 Å². The number of hydrogen-bond donors (Lipinski definition) is 1. The van der Waals surface area contributed by atoms with E-state index in [0.717, 1.165) is 12.5 Å². The molecule has 0 aromatic carbocycles. The fourth-order valence-corrected chi connectivity index (χ4v) is 0.213. The van der Waals surface area contributed by atoms with Gasteiger partial charge in [-0.05, 0) is 0 Å². The second-order valence-corrected chi connectivity index (χ2v) is 2.69. The SMILES string of the molecule is CN(C)C=CC(=O)O.CN(C)C=O. The van der Waals surface area contributed by atoms with Crippen LogP contribution in [0.4, 0.5) is 0 Å². The molecule has 0 aromatic heterocycles. The third-order valence-electron chi connectivity index (χ3n) is 0.726. The average molecular weight is 188 g/mol. The second-order valence-electron chi connectivity index (χ2n) is 2.69. The smallest absolute Gasteiger partial charge is 0.329 e. The molecule has 0 aliphatic carbocycles. The molecule has 0 atom stereocenters. The van der Waals surface area contributed by atoms with Gasteiger partial charge in [-0.3, -0.25) is 4.79 Å². The highest BCUT2D eigenvalue weighted by molar-refractivity contribution is 5.79. The first-order valence-corrected chi connectivity index (χ1v) is 3.59. The molecule has 5 heteroatoms. The summed E-state index contributed by atoms with van der Waals surface area (Å²) in [5.41, 5.74) is 0. The lowest BCUT2D eigenvalue weighted by Gasteiger charge is -2.00. The minimum absolute atomic E-state index is 0.750. The maximum absolute atomic E-state index is 9.79. The summed E-state index contributed by atoms with van der Waals surface area (Å²) in [5.74, 6) is -0.918. The Labute approximate surface area is 78.2 Å². The molecule has 0 spiro atoms. The van der Waals surface area contributed by atoms with E-state index in [1.165, 1.54) is 11.1 Å². The Bertz CT molecular complexity index is 176. The van der Waals surface area contributed by atoms with Crippen LogP contribution in [0, 0.1) is 0 Å². The van der Waals surface area contributed by atoms with Crippen molar-refractivity contribution in [1.29, 1.82) is 0 Å². The molecule has 0 fully saturated rings. The highest BCUT2D eigenvalue weighted by Gasteiger charge is 1.82. The van der Waals surface area contributed by atoms with Crippen molar-refractivity contribution < 1.29 is 14.7 Å². The third-order valence-corrected chi connectivity index (χ3v) is 0.726. The summed E-state index contributed by atoms with van der Waals surface area (Å²) in [6.07, 6.45) is 3.31. The van der Waals surface area contributed by atoms with Gasteiger partial charge in [0.15, 0.2) is 0 Å². The number of aliphatic carboxylic acids is 1. The Morgan fingerprint density at radius 1 is 1.15 bits per heavy atom. The van der Waals surface area contributed by atoms with Crippen molar-refractivity contribution in [2.45, 2.75) is 0 Å². The maximum atomic E-state index is 9.79. The van der Waals surface area contributed by atoms with Crippen LogP contribution >= 0.6 is 0 Å². The first kappa shape index (κ1) is 14.0. The molecular weight excluding hydrogens is 172 g/mol. The molecule has 0 saturated carbocycles. The molecule has 0 aromatic rings. The molecule has 0 rings (SSSR count). The van der Waals surface area contributed by atoms with Crippen molar-refractivity contribution in [3.63, 3.8) is 0 Å². The van der Waals surface area contributed by atoms with Gasteiger partial charge in [-0.15, -0.1) is 0 Å². The maximum Gasteiger partial charge on any atom is 0.329 e. The van der Waals surface area contributed by atoms with Gasteiger partial charge in [-0.25, -0.2) is 4.79 Å². The third kappa shape index (κ3) is 25.1. The van der Waals surface area contributed by atoms with E-state index in [0.29, 0.717) is 0 Å². The topological polar surface area (TPSA) is 60.9 Å². The molecule has 0 heterocycles. The zero-order valence-electron chi connectivity index (χ0n) is 8.39. The lowest BCUT2D eigenvalue weighted by Crippen LogP contribution is -2.06. The first-order chi connectivity index (χ1) is 5.90. The summed E-state index contributed by atoms with van der Waals surface area (Å²) in [6, 6.07) is 0. The van der Waals surface area contributed by atoms with Crippen molar-refractivity contribution in [2.24, 2.45) is 0 Å². The Balaban J connectivity index is 0. The lowest BCUT2D eigenvalue weighted by molar-refractivity contribution is -0.131. The Morgan fingerprint density at radius 2 is 1.54 bits per heavy atom. The monoisotopic (exact) mass is 188 g/mol. The number of carbonyl (C=O) groups is 2. The minimum Gasteiger partial charge on any atom is -0.478 e. The summed E-state index contributed by atoms with van der Waals surface area (Å²) < 4.78 is 0. The number of carboxylic acids is 1. The molecular formula is C8H16N2O3. The fourth-order valence-electron chi connectivity index (χ4n) is 0.213. The van der Waals surface area contributed by atoms with Crippen LogP contribution in [-0.4, -0.2) is 55.5 Å². The van der Waals surface area contributed by atoms with Crippen LogP contribution in [0.1, 0.15) is 0 Å². The average Bonchev–Trinajstić information content (AvgIpc) is 2.02. The van der Waals surface area contributed by atoms with E-state index in [1.807, 2.05) is 0 Å². The predicted octanol–water partition coefficient (Wildman–Crippen LogP) is -0.149. The van der Waals surface area contributed by atoms with E-state index < -0.39 is 5.97 Å². The summed E-state index contributed by atoms with van der Waals surface area (Å²) in [4.78, 5) is 22.3. The van der Waals surface area contributed by atoms with E-state index in [2.05, 4.69) is 0 Å². The number of hydrogen-bond acceptors (Lipinski definition) is 3. The molecule has 5 nitrogen and oxygen atoms in total. The highest BCUT2D eigenvalue weighted by atomic mass is 16.4. The number of carbonyl (C=O) groups excluding carboxylic acids is 1. The number of amides is 1. The van der Waals surface area contributed by atoms with Gasteiger partial charge in [0, 0.05) is 40.5 Å². The molecule has 0 saturated heterocycles. The molecule has 1 amide bonds. The van der Waals surface area contributed by atoms with Gasteiger partial charge in [0.05, 0.1) is 0 Å². The van der Waals surface area contributed by atoms with E-state index in [-0.39, 0.29) is 0 Å². The largest absolute Gasteiger partial charge is 0.478 e. The molecule has 13 heavy (non-hydrogen) atoms. The molecule has 0 aliphatic heterocycles. The van der Waals surface area contributed by atoms with E-state index in [1.54, 1.807) is 33.1 Å². The van der Waals surface area contributed by atoms with Crippen molar-refractivity contribution in [3.8, 4) is 0 Å². The lowest BCUT2D eigenvalue weighted by atomic mass is 10.6.